The van der Waals surface area contributed by atoms with Crippen molar-refractivity contribution in [1.29, 1.82) is 0 Å². The maximum atomic E-state index is 12.5. The maximum Gasteiger partial charge on any atom is 0.277 e. The molecule has 2 aromatic carbocycles. The summed E-state index contributed by atoms with van der Waals surface area (Å²) in [6.07, 6.45) is 0. The van der Waals surface area contributed by atoms with Crippen molar-refractivity contribution < 1.29 is 9.47 Å². The third-order valence-corrected chi connectivity index (χ3v) is 3.63. The minimum Gasteiger partial charge on any atom is -0.454 e. The van der Waals surface area contributed by atoms with Crippen molar-refractivity contribution in [2.24, 2.45) is 7.05 Å². The molecule has 0 radical (unpaired) electrons. The summed E-state index contributed by atoms with van der Waals surface area (Å²) in [5.74, 6) is 1.33. The predicted molar refractivity (Wildman–Crippen MR) is 78.5 cm³/mol. The lowest BCUT2D eigenvalue weighted by Gasteiger charge is -2.08. The van der Waals surface area contributed by atoms with Gasteiger partial charge in [0, 0.05) is 12.6 Å². The van der Waals surface area contributed by atoms with Crippen LogP contribution in [0.2, 0.25) is 0 Å². The third-order valence-electron chi connectivity index (χ3n) is 3.63. The van der Waals surface area contributed by atoms with Gasteiger partial charge in [-0.05, 0) is 30.3 Å². The Morgan fingerprint density at radius 1 is 1.10 bits per heavy atom. The Labute approximate surface area is 120 Å². The largest absolute Gasteiger partial charge is 0.454 e. The van der Waals surface area contributed by atoms with Gasteiger partial charge in [0.25, 0.3) is 5.56 Å². The highest BCUT2D eigenvalue weighted by Crippen LogP contribution is 2.34. The van der Waals surface area contributed by atoms with Crippen LogP contribution in [0.5, 0.6) is 11.5 Å². The first-order valence-corrected chi connectivity index (χ1v) is 6.60. The van der Waals surface area contributed by atoms with Gasteiger partial charge in [-0.2, -0.15) is 0 Å². The molecule has 2 heterocycles. The SMILES string of the molecule is Cn1c(=O)c(-c2ccc3c(c2)OCO3)nc2ccccc21. The van der Waals surface area contributed by atoms with E-state index in [1.165, 1.54) is 0 Å². The number of rotatable bonds is 1. The van der Waals surface area contributed by atoms with Gasteiger partial charge >= 0.3 is 0 Å². The molecule has 5 nitrogen and oxygen atoms in total. The summed E-state index contributed by atoms with van der Waals surface area (Å²) in [4.78, 5) is 17.0. The van der Waals surface area contributed by atoms with Crippen LogP contribution in [-0.4, -0.2) is 16.3 Å². The number of aryl methyl sites for hydroxylation is 1. The summed E-state index contributed by atoms with van der Waals surface area (Å²) >= 11 is 0. The lowest BCUT2D eigenvalue weighted by Crippen LogP contribution is -2.20. The lowest BCUT2D eigenvalue weighted by molar-refractivity contribution is 0.174. The molecule has 0 saturated heterocycles. The number of aromatic nitrogens is 2. The van der Waals surface area contributed by atoms with Crippen molar-refractivity contribution in [1.82, 2.24) is 9.55 Å². The van der Waals surface area contributed by atoms with Crippen molar-refractivity contribution in [3.8, 4) is 22.8 Å². The number of fused-ring (bicyclic) bond motifs is 2. The number of para-hydroxylation sites is 2. The molecule has 0 aliphatic carbocycles. The molecule has 1 aliphatic heterocycles. The fourth-order valence-corrected chi connectivity index (χ4v) is 2.51. The Bertz CT molecular complexity index is 915. The summed E-state index contributed by atoms with van der Waals surface area (Å²) in [6, 6.07) is 13.0. The second-order valence-electron chi connectivity index (χ2n) is 4.88. The van der Waals surface area contributed by atoms with Crippen molar-refractivity contribution in [2.75, 3.05) is 6.79 Å². The van der Waals surface area contributed by atoms with Crippen LogP contribution in [-0.2, 0) is 7.05 Å². The summed E-state index contributed by atoms with van der Waals surface area (Å²) in [5.41, 5.74) is 2.60. The maximum absolute atomic E-state index is 12.5. The molecule has 0 saturated carbocycles. The van der Waals surface area contributed by atoms with Crippen LogP contribution in [0.1, 0.15) is 0 Å². The average molecular weight is 280 g/mol. The van der Waals surface area contributed by atoms with Gasteiger partial charge in [0.1, 0.15) is 5.69 Å². The van der Waals surface area contributed by atoms with Gasteiger partial charge in [-0.15, -0.1) is 0 Å². The van der Waals surface area contributed by atoms with Gasteiger partial charge < -0.3 is 14.0 Å². The fourth-order valence-electron chi connectivity index (χ4n) is 2.51. The first-order chi connectivity index (χ1) is 10.2. The number of hydrogen-bond acceptors (Lipinski definition) is 4. The molecule has 0 spiro atoms. The molecule has 1 aliphatic rings. The molecule has 0 amide bonds. The lowest BCUT2D eigenvalue weighted by atomic mass is 10.1. The highest BCUT2D eigenvalue weighted by molar-refractivity contribution is 5.78. The highest BCUT2D eigenvalue weighted by atomic mass is 16.7. The van der Waals surface area contributed by atoms with Crippen LogP contribution < -0.4 is 15.0 Å². The number of hydrogen-bond donors (Lipinski definition) is 0. The number of ether oxygens (including phenoxy) is 2. The van der Waals surface area contributed by atoms with Crippen LogP contribution in [0.25, 0.3) is 22.3 Å². The molecule has 4 rings (SSSR count). The second-order valence-corrected chi connectivity index (χ2v) is 4.88. The highest BCUT2D eigenvalue weighted by Gasteiger charge is 2.17. The predicted octanol–water partition coefficient (Wildman–Crippen LogP) is 2.33. The normalized spacial score (nSPS) is 12.8. The van der Waals surface area contributed by atoms with Crippen LogP contribution in [0.15, 0.2) is 47.3 Å². The quantitative estimate of drug-likeness (QED) is 0.686. The van der Waals surface area contributed by atoms with E-state index in [4.69, 9.17) is 9.47 Å². The first kappa shape index (κ1) is 12.0. The topological polar surface area (TPSA) is 53.4 Å². The molecule has 1 aromatic heterocycles. The van der Waals surface area contributed by atoms with E-state index in [0.29, 0.717) is 17.2 Å². The Morgan fingerprint density at radius 3 is 2.81 bits per heavy atom. The minimum atomic E-state index is -0.132. The van der Waals surface area contributed by atoms with Gasteiger partial charge in [0.15, 0.2) is 11.5 Å². The molecule has 104 valence electrons. The molecule has 0 N–H and O–H groups in total. The van der Waals surface area contributed by atoms with E-state index in [-0.39, 0.29) is 12.4 Å². The molecule has 0 unspecified atom stereocenters. The molecular formula is C16H12N2O3. The Balaban J connectivity index is 1.98. The van der Waals surface area contributed by atoms with E-state index in [0.717, 1.165) is 16.6 Å². The summed E-state index contributed by atoms with van der Waals surface area (Å²) in [5, 5.41) is 0. The Hall–Kier alpha value is -2.82. The standard InChI is InChI=1S/C16H12N2O3/c1-18-12-5-3-2-4-11(12)17-15(16(18)19)10-6-7-13-14(8-10)21-9-20-13/h2-8H,9H2,1H3. The van der Waals surface area contributed by atoms with E-state index >= 15 is 0 Å². The molecule has 21 heavy (non-hydrogen) atoms. The summed E-state index contributed by atoms with van der Waals surface area (Å²) in [6.45, 7) is 0.210. The zero-order chi connectivity index (χ0) is 14.4. The van der Waals surface area contributed by atoms with Gasteiger partial charge in [-0.25, -0.2) is 4.98 Å². The van der Waals surface area contributed by atoms with Gasteiger partial charge in [0.2, 0.25) is 6.79 Å². The monoisotopic (exact) mass is 280 g/mol. The van der Waals surface area contributed by atoms with Crippen molar-refractivity contribution in [3.05, 3.63) is 52.8 Å². The third kappa shape index (κ3) is 1.78. The van der Waals surface area contributed by atoms with Crippen molar-refractivity contribution >= 4 is 11.0 Å². The van der Waals surface area contributed by atoms with E-state index in [2.05, 4.69) is 4.98 Å². The van der Waals surface area contributed by atoms with Crippen molar-refractivity contribution in [3.63, 3.8) is 0 Å². The van der Waals surface area contributed by atoms with E-state index in [9.17, 15) is 4.79 Å². The van der Waals surface area contributed by atoms with Gasteiger partial charge in [0.05, 0.1) is 11.0 Å². The number of benzene rings is 2. The molecular weight excluding hydrogens is 268 g/mol. The van der Waals surface area contributed by atoms with E-state index < -0.39 is 0 Å². The van der Waals surface area contributed by atoms with Crippen LogP contribution in [0.3, 0.4) is 0 Å². The smallest absolute Gasteiger partial charge is 0.277 e. The molecule has 5 heteroatoms. The molecule has 0 atom stereocenters. The Kier molecular flexibility index (Phi) is 2.47. The zero-order valence-corrected chi connectivity index (χ0v) is 11.4. The van der Waals surface area contributed by atoms with Crippen molar-refractivity contribution in [2.45, 2.75) is 0 Å². The fraction of sp³-hybridized carbons (Fsp3) is 0.125. The zero-order valence-electron chi connectivity index (χ0n) is 11.4. The average Bonchev–Trinajstić information content (AvgIpc) is 2.98. The molecule has 3 aromatic rings. The van der Waals surface area contributed by atoms with Crippen LogP contribution in [0.4, 0.5) is 0 Å². The molecule has 0 bridgehead atoms. The summed E-state index contributed by atoms with van der Waals surface area (Å²) < 4.78 is 12.3. The summed E-state index contributed by atoms with van der Waals surface area (Å²) in [7, 11) is 1.75. The minimum absolute atomic E-state index is 0.132. The Morgan fingerprint density at radius 2 is 1.90 bits per heavy atom. The molecule has 0 fully saturated rings. The van der Waals surface area contributed by atoms with Crippen LogP contribution in [0, 0.1) is 0 Å². The van der Waals surface area contributed by atoms with Crippen LogP contribution >= 0.6 is 0 Å². The van der Waals surface area contributed by atoms with Gasteiger partial charge in [-0.1, -0.05) is 12.1 Å². The first-order valence-electron chi connectivity index (χ1n) is 6.60. The van der Waals surface area contributed by atoms with Gasteiger partial charge in [-0.3, -0.25) is 4.79 Å². The van der Waals surface area contributed by atoms with E-state index in [1.54, 1.807) is 23.7 Å². The number of nitrogens with zero attached hydrogens (tertiary/aromatic N) is 2. The van der Waals surface area contributed by atoms with E-state index in [1.807, 2.05) is 30.3 Å². The second kappa shape index (κ2) is 4.34.